The highest BCUT2D eigenvalue weighted by atomic mass is 32.2. The smallest absolute Gasteiger partial charge is 0.263 e. The van der Waals surface area contributed by atoms with E-state index in [2.05, 4.69) is 25.3 Å². The number of carbonyl (C=O) groups is 1. The minimum Gasteiger partial charge on any atom is -0.497 e. The van der Waals surface area contributed by atoms with Gasteiger partial charge in [-0.15, -0.1) is 0 Å². The number of aliphatic hydroxyl groups is 1. The van der Waals surface area contributed by atoms with Gasteiger partial charge < -0.3 is 20.5 Å². The zero-order valence-electron chi connectivity index (χ0n) is 22.1. The maximum absolute atomic E-state index is 13.5. The van der Waals surface area contributed by atoms with Gasteiger partial charge in [0.1, 0.15) is 5.75 Å². The Morgan fingerprint density at radius 1 is 0.949 bits per heavy atom. The zero-order chi connectivity index (χ0) is 28.2. The van der Waals surface area contributed by atoms with Crippen LogP contribution in [0.2, 0.25) is 0 Å². The van der Waals surface area contributed by atoms with E-state index in [0.717, 1.165) is 0 Å². The number of nitrogens with one attached hydrogen (secondary N) is 3. The number of methoxy groups -OCH3 is 1. The van der Waals surface area contributed by atoms with Crippen LogP contribution in [0.5, 0.6) is 5.75 Å². The number of anilines is 4. The van der Waals surface area contributed by atoms with Gasteiger partial charge in [0.2, 0.25) is 5.91 Å². The number of benzene rings is 3. The highest BCUT2D eigenvalue weighted by Gasteiger charge is 2.26. The Kier molecular flexibility index (Phi) is 8.03. The van der Waals surface area contributed by atoms with Gasteiger partial charge in [0, 0.05) is 22.9 Å². The third kappa shape index (κ3) is 6.44. The number of sulfonamides is 1. The zero-order valence-corrected chi connectivity index (χ0v) is 23.0. The fourth-order valence-corrected chi connectivity index (χ4v) is 4.68. The van der Waals surface area contributed by atoms with Gasteiger partial charge in [-0.1, -0.05) is 39.0 Å². The van der Waals surface area contributed by atoms with Crippen LogP contribution in [-0.4, -0.2) is 36.5 Å². The molecule has 0 fully saturated rings. The number of fused-ring (bicyclic) bond motifs is 1. The predicted molar refractivity (Wildman–Crippen MR) is 152 cm³/mol. The lowest BCUT2D eigenvalue weighted by molar-refractivity contribution is -0.124. The van der Waals surface area contributed by atoms with E-state index in [0.29, 0.717) is 40.1 Å². The maximum atomic E-state index is 13.5. The van der Waals surface area contributed by atoms with Crippen molar-refractivity contribution in [1.82, 2.24) is 9.97 Å². The number of hydrogen-bond donors (Lipinski definition) is 4. The summed E-state index contributed by atoms with van der Waals surface area (Å²) in [5.41, 5.74) is 1.91. The molecule has 0 aliphatic carbocycles. The van der Waals surface area contributed by atoms with Gasteiger partial charge in [-0.25, -0.2) is 18.4 Å². The van der Waals surface area contributed by atoms with Crippen LogP contribution in [-0.2, 0) is 21.4 Å². The summed E-state index contributed by atoms with van der Waals surface area (Å²) in [4.78, 5) is 21.7. The molecule has 4 N–H and O–H groups in total. The molecular formula is C28H31N5O5S. The van der Waals surface area contributed by atoms with E-state index in [1.807, 2.05) is 20.8 Å². The number of aromatic nitrogens is 2. The van der Waals surface area contributed by atoms with Crippen molar-refractivity contribution in [2.45, 2.75) is 38.7 Å². The first kappa shape index (κ1) is 27.8. The summed E-state index contributed by atoms with van der Waals surface area (Å²) in [5, 5.41) is 15.5. The number of aliphatic hydroxyl groups excluding tert-OH is 1. The quantitative estimate of drug-likeness (QED) is 0.215. The van der Waals surface area contributed by atoms with Crippen LogP contribution >= 0.6 is 0 Å². The topological polar surface area (TPSA) is 143 Å². The van der Waals surface area contributed by atoms with E-state index in [1.165, 1.54) is 19.2 Å². The molecule has 3 aromatic carbocycles. The minimum absolute atomic E-state index is 0.0244. The first-order valence-electron chi connectivity index (χ1n) is 12.3. The molecule has 4 rings (SSSR count). The number of amides is 1. The van der Waals surface area contributed by atoms with E-state index >= 15 is 0 Å². The fraction of sp³-hybridized carbons (Fsp3) is 0.250. The third-order valence-corrected chi connectivity index (χ3v) is 7.69. The van der Waals surface area contributed by atoms with Crippen LogP contribution in [0.25, 0.3) is 11.0 Å². The summed E-state index contributed by atoms with van der Waals surface area (Å²) in [6.45, 7) is 5.35. The number of para-hydroxylation sites is 2. The molecule has 0 saturated carbocycles. The molecule has 0 atom stereocenters. The van der Waals surface area contributed by atoms with Gasteiger partial charge in [0.05, 0.1) is 29.6 Å². The summed E-state index contributed by atoms with van der Waals surface area (Å²) in [6, 6.07) is 18.2. The molecule has 0 unspecified atom stereocenters. The number of rotatable bonds is 10. The Hall–Kier alpha value is -4.22. The Morgan fingerprint density at radius 2 is 1.64 bits per heavy atom. The monoisotopic (exact) mass is 549 g/mol. The van der Waals surface area contributed by atoms with Gasteiger partial charge in [0.25, 0.3) is 10.0 Å². The standard InChI is InChI=1S/C28H31N5O5S/c1-5-28(2,3)27(35)30-19-9-8-10-22(16-19)39(36,37)33-26-25(31-23-11-6-7-12-24(23)32-26)29-20-13-18(17-34)14-21(15-20)38-4/h6-16,34H,5,17H2,1-4H3,(H,29,31)(H,30,35)(H,32,33). The van der Waals surface area contributed by atoms with E-state index < -0.39 is 15.4 Å². The van der Waals surface area contributed by atoms with Crippen molar-refractivity contribution in [2.75, 3.05) is 22.5 Å². The molecule has 204 valence electrons. The van der Waals surface area contributed by atoms with Crippen molar-refractivity contribution in [2.24, 2.45) is 5.41 Å². The van der Waals surface area contributed by atoms with Gasteiger partial charge in [0.15, 0.2) is 11.6 Å². The summed E-state index contributed by atoms with van der Waals surface area (Å²) in [5.74, 6) is 0.428. The van der Waals surface area contributed by atoms with Gasteiger partial charge in [-0.2, -0.15) is 0 Å². The van der Waals surface area contributed by atoms with Crippen molar-refractivity contribution in [1.29, 1.82) is 0 Å². The lowest BCUT2D eigenvalue weighted by Gasteiger charge is -2.21. The summed E-state index contributed by atoms with van der Waals surface area (Å²) in [7, 11) is -2.62. The van der Waals surface area contributed by atoms with Crippen molar-refractivity contribution in [3.05, 3.63) is 72.3 Å². The largest absolute Gasteiger partial charge is 0.497 e. The van der Waals surface area contributed by atoms with Crippen LogP contribution in [0.15, 0.2) is 71.6 Å². The van der Waals surface area contributed by atoms with Crippen LogP contribution in [0.1, 0.15) is 32.8 Å². The summed E-state index contributed by atoms with van der Waals surface area (Å²) >= 11 is 0. The van der Waals surface area contributed by atoms with Crippen molar-refractivity contribution >= 4 is 50.0 Å². The Bertz CT molecular complexity index is 1600. The lowest BCUT2D eigenvalue weighted by Crippen LogP contribution is -2.30. The molecule has 0 aliphatic heterocycles. The van der Waals surface area contributed by atoms with Crippen LogP contribution in [0.3, 0.4) is 0 Å². The Morgan fingerprint density at radius 3 is 2.28 bits per heavy atom. The number of nitrogens with zero attached hydrogens (tertiary/aromatic N) is 2. The van der Waals surface area contributed by atoms with Crippen LogP contribution < -0.4 is 20.1 Å². The SMILES string of the molecule is CCC(C)(C)C(=O)Nc1cccc(S(=O)(=O)Nc2nc3ccccc3nc2Nc2cc(CO)cc(OC)c2)c1. The Labute approximate surface area is 227 Å². The molecule has 11 heteroatoms. The molecule has 0 bridgehead atoms. The molecule has 4 aromatic rings. The van der Waals surface area contributed by atoms with Crippen molar-refractivity contribution < 1.29 is 23.1 Å². The molecule has 1 amide bonds. The normalized spacial score (nSPS) is 11.7. The Balaban J connectivity index is 1.70. The van der Waals surface area contributed by atoms with E-state index in [4.69, 9.17) is 4.74 Å². The predicted octanol–water partition coefficient (Wildman–Crippen LogP) is 5.05. The first-order valence-corrected chi connectivity index (χ1v) is 13.8. The van der Waals surface area contributed by atoms with E-state index in [-0.39, 0.29) is 29.0 Å². The van der Waals surface area contributed by atoms with Crippen molar-refractivity contribution in [3.8, 4) is 5.75 Å². The second-order valence-electron chi connectivity index (χ2n) is 9.59. The van der Waals surface area contributed by atoms with Crippen LogP contribution in [0, 0.1) is 5.41 Å². The van der Waals surface area contributed by atoms with Gasteiger partial charge in [-0.3, -0.25) is 9.52 Å². The molecule has 1 aromatic heterocycles. The fourth-order valence-electron chi connectivity index (χ4n) is 3.63. The maximum Gasteiger partial charge on any atom is 0.263 e. The molecular weight excluding hydrogens is 518 g/mol. The molecule has 39 heavy (non-hydrogen) atoms. The highest BCUT2D eigenvalue weighted by molar-refractivity contribution is 7.92. The minimum atomic E-state index is -4.13. The van der Waals surface area contributed by atoms with E-state index in [9.17, 15) is 18.3 Å². The van der Waals surface area contributed by atoms with E-state index in [1.54, 1.807) is 54.6 Å². The van der Waals surface area contributed by atoms with Crippen molar-refractivity contribution in [3.63, 3.8) is 0 Å². The summed E-state index contributed by atoms with van der Waals surface area (Å²) < 4.78 is 34.8. The highest BCUT2D eigenvalue weighted by Crippen LogP contribution is 2.30. The molecule has 0 radical (unpaired) electrons. The van der Waals surface area contributed by atoms with Crippen LogP contribution in [0.4, 0.5) is 23.0 Å². The molecule has 10 nitrogen and oxygen atoms in total. The number of hydrogen-bond acceptors (Lipinski definition) is 8. The van der Waals surface area contributed by atoms with Gasteiger partial charge >= 0.3 is 0 Å². The average Bonchev–Trinajstić information content (AvgIpc) is 2.93. The third-order valence-electron chi connectivity index (χ3n) is 6.35. The first-order chi connectivity index (χ1) is 18.5. The summed E-state index contributed by atoms with van der Waals surface area (Å²) in [6.07, 6.45) is 0.627. The molecule has 0 saturated heterocycles. The second-order valence-corrected chi connectivity index (χ2v) is 11.3. The number of carbonyl (C=O) groups excluding carboxylic acids is 1. The second kappa shape index (κ2) is 11.3. The van der Waals surface area contributed by atoms with Gasteiger partial charge in [-0.05, 0) is 54.4 Å². The molecule has 1 heterocycles. The average molecular weight is 550 g/mol. The molecule has 0 spiro atoms. The molecule has 0 aliphatic rings. The lowest BCUT2D eigenvalue weighted by atomic mass is 9.89. The number of ether oxygens (including phenoxy) is 1.